The van der Waals surface area contributed by atoms with Crippen molar-refractivity contribution in [2.45, 2.75) is 12.2 Å². The number of rotatable bonds is 2. The Morgan fingerprint density at radius 1 is 1.30 bits per heavy atom. The molecular weight excluding hydrogens is 307 g/mol. The monoisotopic (exact) mass is 319 g/mol. The quantitative estimate of drug-likeness (QED) is 0.464. The summed E-state index contributed by atoms with van der Waals surface area (Å²) in [5.74, 6) is -1.94. The van der Waals surface area contributed by atoms with Gasteiger partial charge in [-0.25, -0.2) is 4.79 Å². The molecule has 0 saturated carbocycles. The van der Waals surface area contributed by atoms with Crippen LogP contribution in [0.15, 0.2) is 0 Å². The largest absolute Gasteiger partial charge is 0.490 e. The Hall–Kier alpha value is -1.48. The zero-order valence-electron chi connectivity index (χ0n) is 9.79. The average Bonchev–Trinajstić information content (AvgIpc) is 2.23. The van der Waals surface area contributed by atoms with Crippen molar-refractivity contribution in [3.05, 3.63) is 0 Å². The number of halogens is 3. The van der Waals surface area contributed by atoms with Crippen molar-refractivity contribution in [2.24, 2.45) is 11.1 Å². The van der Waals surface area contributed by atoms with Crippen LogP contribution < -0.4 is 5.73 Å². The first-order chi connectivity index (χ1) is 8.77. The summed E-state index contributed by atoms with van der Waals surface area (Å²) < 4.78 is 49.9. The highest BCUT2D eigenvalue weighted by Crippen LogP contribution is 2.59. The number of aliphatic carboxylic acids is 2. The van der Waals surface area contributed by atoms with E-state index in [1.807, 2.05) is 0 Å². The van der Waals surface area contributed by atoms with Crippen molar-refractivity contribution in [1.82, 2.24) is 0 Å². The van der Waals surface area contributed by atoms with Crippen LogP contribution in [0.4, 0.5) is 13.2 Å². The maximum absolute atomic E-state index is 10.6. The second-order valence-corrected chi connectivity index (χ2v) is 6.19. The van der Waals surface area contributed by atoms with E-state index in [1.54, 1.807) is 0 Å². The van der Waals surface area contributed by atoms with E-state index in [0.29, 0.717) is 0 Å². The van der Waals surface area contributed by atoms with E-state index in [4.69, 9.17) is 36.3 Å². The van der Waals surface area contributed by atoms with Gasteiger partial charge in [0.15, 0.2) is 0 Å². The lowest BCUT2D eigenvalue weighted by Crippen LogP contribution is -2.58. The van der Waals surface area contributed by atoms with Crippen molar-refractivity contribution < 1.29 is 42.1 Å². The Labute approximate surface area is 112 Å². The van der Waals surface area contributed by atoms with Crippen LogP contribution in [0.2, 0.25) is 0 Å². The van der Waals surface area contributed by atoms with E-state index >= 15 is 0 Å². The SMILES string of the molecule is C#CC1([C@H](N)C(=O)O)CS(O)(O)C1.O=C(O)C(F)(F)F. The summed E-state index contributed by atoms with van der Waals surface area (Å²) in [7, 11) is -2.67. The fourth-order valence-corrected chi connectivity index (χ4v) is 3.46. The third kappa shape index (κ3) is 4.57. The molecule has 1 atom stereocenters. The van der Waals surface area contributed by atoms with Gasteiger partial charge in [-0.05, 0) is 0 Å². The molecule has 1 fully saturated rings. The van der Waals surface area contributed by atoms with E-state index in [-0.39, 0.29) is 11.5 Å². The lowest BCUT2D eigenvalue weighted by atomic mass is 9.84. The van der Waals surface area contributed by atoms with Crippen LogP contribution in [-0.4, -0.2) is 55.0 Å². The molecule has 1 heterocycles. The fraction of sp³-hybridized carbons (Fsp3) is 0.556. The van der Waals surface area contributed by atoms with E-state index in [0.717, 1.165) is 0 Å². The third-order valence-electron chi connectivity index (χ3n) is 2.37. The molecule has 6 N–H and O–H groups in total. The Morgan fingerprint density at radius 3 is 1.80 bits per heavy atom. The van der Waals surface area contributed by atoms with Crippen molar-refractivity contribution in [3.63, 3.8) is 0 Å². The Bertz CT molecular complexity index is 436. The summed E-state index contributed by atoms with van der Waals surface area (Å²) >= 11 is 0. The minimum Gasteiger partial charge on any atom is -0.480 e. The molecule has 0 radical (unpaired) electrons. The minimum atomic E-state index is -5.08. The maximum atomic E-state index is 10.6. The van der Waals surface area contributed by atoms with Gasteiger partial charge in [-0.2, -0.15) is 23.8 Å². The number of carboxylic acids is 2. The van der Waals surface area contributed by atoms with Gasteiger partial charge < -0.3 is 15.9 Å². The summed E-state index contributed by atoms with van der Waals surface area (Å²) in [6.45, 7) is 0. The van der Waals surface area contributed by atoms with E-state index in [9.17, 15) is 18.0 Å². The van der Waals surface area contributed by atoms with Crippen molar-refractivity contribution in [3.8, 4) is 12.3 Å². The summed E-state index contributed by atoms with van der Waals surface area (Å²) in [4.78, 5) is 19.4. The van der Waals surface area contributed by atoms with Crippen molar-refractivity contribution in [2.75, 3.05) is 11.5 Å². The average molecular weight is 319 g/mol. The van der Waals surface area contributed by atoms with Gasteiger partial charge in [-0.3, -0.25) is 13.9 Å². The van der Waals surface area contributed by atoms with Crippen LogP contribution >= 0.6 is 10.6 Å². The standard InChI is InChI=1S/C7H11NO4S.C2HF3O2/c1-2-7(5(8)6(9)10)3-13(11,12)4-7;3-2(4,5)1(6)7/h1,5,11-12H,3-4,8H2,(H,9,10);(H,6,7)/t5-;/m1./s1. The predicted octanol–water partition coefficient (Wildman–Crippen LogP) is 0.415. The van der Waals surface area contributed by atoms with E-state index in [2.05, 4.69) is 5.92 Å². The normalized spacial score (nSPS) is 22.1. The molecule has 0 aliphatic carbocycles. The first kappa shape index (κ1) is 18.5. The van der Waals surface area contributed by atoms with Gasteiger partial charge in [0.05, 0.1) is 16.9 Å². The van der Waals surface area contributed by atoms with Crippen LogP contribution in [0.3, 0.4) is 0 Å². The Kier molecular flexibility index (Phi) is 5.44. The summed E-state index contributed by atoms with van der Waals surface area (Å²) in [5.41, 5.74) is 4.26. The molecule has 0 aromatic carbocycles. The van der Waals surface area contributed by atoms with Gasteiger partial charge >= 0.3 is 18.1 Å². The maximum Gasteiger partial charge on any atom is 0.490 e. The van der Waals surface area contributed by atoms with Crippen molar-refractivity contribution >= 4 is 22.5 Å². The Morgan fingerprint density at radius 2 is 1.65 bits per heavy atom. The molecule has 116 valence electrons. The van der Waals surface area contributed by atoms with E-state index in [1.165, 1.54) is 0 Å². The van der Waals surface area contributed by atoms with Gasteiger partial charge in [0, 0.05) is 0 Å². The third-order valence-corrected chi connectivity index (χ3v) is 4.32. The topological polar surface area (TPSA) is 141 Å². The highest BCUT2D eigenvalue weighted by atomic mass is 32.3. The number of hydrogen-bond acceptors (Lipinski definition) is 5. The van der Waals surface area contributed by atoms with E-state index < -0.39 is 40.2 Å². The highest BCUT2D eigenvalue weighted by molar-refractivity contribution is 8.25. The number of hydrogen-bond donors (Lipinski definition) is 5. The first-order valence-corrected chi connectivity index (χ1v) is 6.66. The van der Waals surface area contributed by atoms with Crippen LogP contribution in [-0.2, 0) is 9.59 Å². The minimum absolute atomic E-state index is 0.107. The molecule has 11 heteroatoms. The van der Waals surface area contributed by atoms with Crippen LogP contribution in [0.1, 0.15) is 0 Å². The molecule has 1 aliphatic rings. The van der Waals surface area contributed by atoms with Gasteiger partial charge in [-0.15, -0.1) is 6.42 Å². The molecule has 0 spiro atoms. The van der Waals surface area contributed by atoms with Gasteiger partial charge in [-0.1, -0.05) is 5.92 Å². The predicted molar refractivity (Wildman–Crippen MR) is 63.2 cm³/mol. The number of alkyl halides is 3. The number of carboxylic acid groups (broad SMARTS) is 2. The van der Waals surface area contributed by atoms with Crippen LogP contribution in [0, 0.1) is 17.8 Å². The number of terminal acetylenes is 1. The van der Waals surface area contributed by atoms with Gasteiger partial charge in [0.2, 0.25) is 0 Å². The Balaban J connectivity index is 0.000000441. The molecule has 0 bridgehead atoms. The number of nitrogens with two attached hydrogens (primary N) is 1. The smallest absolute Gasteiger partial charge is 0.480 e. The molecule has 0 amide bonds. The molecular formula is C9H12F3NO6S. The summed E-state index contributed by atoms with van der Waals surface area (Å²) in [6, 6.07) is -1.22. The zero-order valence-corrected chi connectivity index (χ0v) is 10.6. The molecule has 0 unspecified atom stereocenters. The molecule has 1 aliphatic heterocycles. The second-order valence-electron chi connectivity index (χ2n) is 4.01. The summed E-state index contributed by atoms with van der Waals surface area (Å²) in [6.07, 6.45) is 0.0431. The second kappa shape index (κ2) is 5.88. The first-order valence-electron chi connectivity index (χ1n) is 4.77. The van der Waals surface area contributed by atoms with Crippen molar-refractivity contribution in [1.29, 1.82) is 0 Å². The van der Waals surface area contributed by atoms with Crippen LogP contribution in [0.25, 0.3) is 0 Å². The number of carbonyl (C=O) groups is 2. The van der Waals surface area contributed by atoms with Gasteiger partial charge in [0.1, 0.15) is 6.04 Å². The van der Waals surface area contributed by atoms with Gasteiger partial charge in [0.25, 0.3) is 0 Å². The molecule has 7 nitrogen and oxygen atoms in total. The fourth-order valence-electron chi connectivity index (χ4n) is 1.37. The summed E-state index contributed by atoms with van der Waals surface area (Å²) in [5, 5.41) is 15.7. The lowest BCUT2D eigenvalue weighted by molar-refractivity contribution is -0.192. The molecule has 0 aromatic rings. The molecule has 20 heavy (non-hydrogen) atoms. The highest BCUT2D eigenvalue weighted by Gasteiger charge is 2.53. The zero-order chi connectivity index (χ0) is 16.4. The molecule has 1 rings (SSSR count). The lowest BCUT2D eigenvalue weighted by Gasteiger charge is -2.54. The van der Waals surface area contributed by atoms with Crippen LogP contribution in [0.5, 0.6) is 0 Å². The molecule has 0 aromatic heterocycles. The molecule has 1 saturated heterocycles.